The van der Waals surface area contributed by atoms with Gasteiger partial charge in [0.15, 0.2) is 5.69 Å². The van der Waals surface area contributed by atoms with Crippen molar-refractivity contribution in [2.45, 2.75) is 6.92 Å². The summed E-state index contributed by atoms with van der Waals surface area (Å²) in [4.78, 5) is 18.8. The number of aromatic nitrogens is 2. The zero-order chi connectivity index (χ0) is 13.8. The number of nitriles is 1. The van der Waals surface area contributed by atoms with Gasteiger partial charge in [0.25, 0.3) is 0 Å². The Labute approximate surface area is 109 Å². The molecular weight excluding hydrogens is 244 g/mol. The summed E-state index contributed by atoms with van der Waals surface area (Å²) in [6, 6.07) is 6.77. The maximum Gasteiger partial charge on any atom is 0.335 e. The molecule has 0 unspecified atom stereocenters. The Morgan fingerprint density at radius 1 is 1.37 bits per heavy atom. The fourth-order valence-corrected chi connectivity index (χ4v) is 1.58. The van der Waals surface area contributed by atoms with Gasteiger partial charge in [-0.3, -0.25) is 0 Å². The Kier molecular flexibility index (Phi) is 3.39. The molecule has 0 saturated heterocycles. The van der Waals surface area contributed by atoms with Crippen molar-refractivity contribution in [2.24, 2.45) is 0 Å². The largest absolute Gasteiger partial charge is 0.478 e. The van der Waals surface area contributed by atoms with Gasteiger partial charge < -0.3 is 10.4 Å². The molecule has 19 heavy (non-hydrogen) atoms. The predicted molar refractivity (Wildman–Crippen MR) is 68.2 cm³/mol. The van der Waals surface area contributed by atoms with Crippen molar-refractivity contribution in [1.82, 2.24) is 9.97 Å². The molecule has 1 heterocycles. The van der Waals surface area contributed by atoms with Gasteiger partial charge in [-0.25, -0.2) is 14.8 Å². The molecule has 0 fully saturated rings. The second kappa shape index (κ2) is 5.14. The van der Waals surface area contributed by atoms with Gasteiger partial charge in [-0.15, -0.1) is 0 Å². The molecule has 0 bridgehead atoms. The van der Waals surface area contributed by atoms with Crippen LogP contribution in [0, 0.1) is 18.3 Å². The smallest absolute Gasteiger partial charge is 0.335 e. The maximum absolute atomic E-state index is 10.9. The summed E-state index contributed by atoms with van der Waals surface area (Å²) in [5.74, 6) is -0.469. The fraction of sp³-hybridized carbons (Fsp3) is 0.0769. The van der Waals surface area contributed by atoms with Crippen LogP contribution in [0.2, 0.25) is 0 Å². The van der Waals surface area contributed by atoms with E-state index in [-0.39, 0.29) is 11.3 Å². The SMILES string of the molecule is Cc1cc(Nc2cnc(C#N)cn2)ccc1C(=O)O. The van der Waals surface area contributed by atoms with Crippen LogP contribution in [0.1, 0.15) is 21.6 Å². The van der Waals surface area contributed by atoms with Crippen LogP contribution in [-0.2, 0) is 0 Å². The summed E-state index contributed by atoms with van der Waals surface area (Å²) in [7, 11) is 0. The van der Waals surface area contributed by atoms with Crippen LogP contribution in [0.3, 0.4) is 0 Å². The second-order valence-electron chi connectivity index (χ2n) is 3.86. The lowest BCUT2D eigenvalue weighted by molar-refractivity contribution is 0.0696. The van der Waals surface area contributed by atoms with Crippen LogP contribution in [0.15, 0.2) is 30.6 Å². The van der Waals surface area contributed by atoms with Gasteiger partial charge in [0, 0.05) is 5.69 Å². The molecule has 6 heteroatoms. The predicted octanol–water partition coefficient (Wildman–Crippen LogP) is 2.10. The topological polar surface area (TPSA) is 98.9 Å². The van der Waals surface area contributed by atoms with E-state index < -0.39 is 5.97 Å². The third-order valence-electron chi connectivity index (χ3n) is 2.50. The first-order valence-corrected chi connectivity index (χ1v) is 5.43. The molecule has 0 aliphatic rings. The highest BCUT2D eigenvalue weighted by atomic mass is 16.4. The summed E-state index contributed by atoms with van der Waals surface area (Å²) in [6.07, 6.45) is 2.81. The van der Waals surface area contributed by atoms with Crippen LogP contribution < -0.4 is 5.32 Å². The number of carboxylic acid groups (broad SMARTS) is 1. The van der Waals surface area contributed by atoms with Gasteiger partial charge in [0.2, 0.25) is 0 Å². The number of rotatable bonds is 3. The molecule has 0 amide bonds. The number of benzene rings is 1. The first-order valence-electron chi connectivity index (χ1n) is 5.43. The molecule has 0 spiro atoms. The number of anilines is 2. The quantitative estimate of drug-likeness (QED) is 0.870. The number of aromatic carboxylic acids is 1. The molecule has 0 atom stereocenters. The minimum Gasteiger partial charge on any atom is -0.478 e. The molecule has 0 aliphatic heterocycles. The Balaban J connectivity index is 2.21. The van der Waals surface area contributed by atoms with Crippen molar-refractivity contribution >= 4 is 17.5 Å². The number of hydrogen-bond donors (Lipinski definition) is 2. The first-order chi connectivity index (χ1) is 9.10. The van der Waals surface area contributed by atoms with E-state index in [0.717, 1.165) is 0 Å². The van der Waals surface area contributed by atoms with Gasteiger partial charge >= 0.3 is 5.97 Å². The molecule has 6 nitrogen and oxygen atoms in total. The van der Waals surface area contributed by atoms with E-state index in [1.54, 1.807) is 19.1 Å². The van der Waals surface area contributed by atoms with Gasteiger partial charge in [-0.2, -0.15) is 5.26 Å². The van der Waals surface area contributed by atoms with Crippen LogP contribution in [0.4, 0.5) is 11.5 Å². The Morgan fingerprint density at radius 3 is 2.68 bits per heavy atom. The Morgan fingerprint density at radius 2 is 2.16 bits per heavy atom. The maximum atomic E-state index is 10.9. The lowest BCUT2D eigenvalue weighted by Crippen LogP contribution is -2.01. The number of carboxylic acids is 1. The average Bonchev–Trinajstić information content (AvgIpc) is 2.39. The van der Waals surface area contributed by atoms with Crippen molar-refractivity contribution in [3.8, 4) is 6.07 Å². The van der Waals surface area contributed by atoms with E-state index in [9.17, 15) is 4.79 Å². The van der Waals surface area contributed by atoms with E-state index in [4.69, 9.17) is 10.4 Å². The van der Waals surface area contributed by atoms with Crippen LogP contribution >= 0.6 is 0 Å². The zero-order valence-electron chi connectivity index (χ0n) is 10.1. The summed E-state index contributed by atoms with van der Waals surface area (Å²) < 4.78 is 0. The monoisotopic (exact) mass is 254 g/mol. The number of hydrogen-bond acceptors (Lipinski definition) is 5. The standard InChI is InChI=1S/C13H10N4O2/c1-8-4-9(2-3-11(8)13(18)19)17-12-7-15-10(5-14)6-16-12/h2-4,6-7H,1H3,(H,16,17)(H,18,19). The van der Waals surface area contributed by atoms with Crippen molar-refractivity contribution in [1.29, 1.82) is 5.26 Å². The number of carbonyl (C=O) groups is 1. The van der Waals surface area contributed by atoms with Crippen molar-refractivity contribution < 1.29 is 9.90 Å². The highest BCUT2D eigenvalue weighted by Gasteiger charge is 2.07. The molecule has 2 aromatic rings. The minimum atomic E-state index is -0.956. The van der Waals surface area contributed by atoms with Crippen LogP contribution in [0.25, 0.3) is 0 Å². The van der Waals surface area contributed by atoms with E-state index in [1.807, 2.05) is 6.07 Å². The third kappa shape index (κ3) is 2.84. The number of nitrogens with zero attached hydrogens (tertiary/aromatic N) is 3. The Hall–Kier alpha value is -2.94. The summed E-state index contributed by atoms with van der Waals surface area (Å²) in [6.45, 7) is 1.72. The molecule has 2 rings (SSSR count). The molecule has 2 N–H and O–H groups in total. The first kappa shape index (κ1) is 12.5. The van der Waals surface area contributed by atoms with Crippen molar-refractivity contribution in [3.63, 3.8) is 0 Å². The lowest BCUT2D eigenvalue weighted by atomic mass is 10.1. The van der Waals surface area contributed by atoms with E-state index >= 15 is 0 Å². The zero-order valence-corrected chi connectivity index (χ0v) is 10.1. The number of aryl methyl sites for hydroxylation is 1. The van der Waals surface area contributed by atoms with E-state index in [0.29, 0.717) is 17.1 Å². The average molecular weight is 254 g/mol. The second-order valence-corrected chi connectivity index (χ2v) is 3.86. The normalized spacial score (nSPS) is 9.68. The summed E-state index contributed by atoms with van der Waals surface area (Å²) in [5.41, 5.74) is 1.86. The van der Waals surface area contributed by atoms with E-state index in [1.165, 1.54) is 18.5 Å². The van der Waals surface area contributed by atoms with E-state index in [2.05, 4.69) is 15.3 Å². The summed E-state index contributed by atoms with van der Waals surface area (Å²) >= 11 is 0. The number of nitrogens with one attached hydrogen (secondary N) is 1. The molecular formula is C13H10N4O2. The van der Waals surface area contributed by atoms with Crippen LogP contribution in [0.5, 0.6) is 0 Å². The van der Waals surface area contributed by atoms with Crippen molar-refractivity contribution in [2.75, 3.05) is 5.32 Å². The van der Waals surface area contributed by atoms with Gasteiger partial charge in [0.05, 0.1) is 18.0 Å². The fourth-order valence-electron chi connectivity index (χ4n) is 1.58. The minimum absolute atomic E-state index is 0.239. The third-order valence-corrected chi connectivity index (χ3v) is 2.50. The highest BCUT2D eigenvalue weighted by molar-refractivity contribution is 5.90. The molecule has 0 radical (unpaired) electrons. The summed E-state index contributed by atoms with van der Waals surface area (Å²) in [5, 5.41) is 20.5. The van der Waals surface area contributed by atoms with Crippen LogP contribution in [-0.4, -0.2) is 21.0 Å². The molecule has 94 valence electrons. The molecule has 0 saturated carbocycles. The van der Waals surface area contributed by atoms with Gasteiger partial charge in [-0.1, -0.05) is 0 Å². The van der Waals surface area contributed by atoms with Crippen molar-refractivity contribution in [3.05, 3.63) is 47.4 Å². The molecule has 1 aromatic carbocycles. The molecule has 0 aliphatic carbocycles. The lowest BCUT2D eigenvalue weighted by Gasteiger charge is -2.07. The molecule has 1 aromatic heterocycles. The van der Waals surface area contributed by atoms with Gasteiger partial charge in [-0.05, 0) is 30.7 Å². The highest BCUT2D eigenvalue weighted by Crippen LogP contribution is 2.18. The van der Waals surface area contributed by atoms with Gasteiger partial charge in [0.1, 0.15) is 11.9 Å². The Bertz CT molecular complexity index is 659.